The van der Waals surface area contributed by atoms with E-state index in [1.807, 2.05) is 6.07 Å². The van der Waals surface area contributed by atoms with Crippen LogP contribution in [0, 0.1) is 6.92 Å². The van der Waals surface area contributed by atoms with Crippen molar-refractivity contribution >= 4 is 11.4 Å². The summed E-state index contributed by atoms with van der Waals surface area (Å²) < 4.78 is 11.0. The van der Waals surface area contributed by atoms with E-state index in [2.05, 4.69) is 54.4 Å². The van der Waals surface area contributed by atoms with Gasteiger partial charge in [-0.3, -0.25) is 0 Å². The number of benzene rings is 2. The van der Waals surface area contributed by atoms with E-state index < -0.39 is 0 Å². The van der Waals surface area contributed by atoms with Crippen molar-refractivity contribution in [1.29, 1.82) is 0 Å². The Morgan fingerprint density at radius 3 is 2.64 bits per heavy atom. The number of ether oxygens (including phenoxy) is 2. The summed E-state index contributed by atoms with van der Waals surface area (Å²) in [5.41, 5.74) is 4.92. The summed E-state index contributed by atoms with van der Waals surface area (Å²) in [6.45, 7) is 6.50. The number of rotatable bonds is 2. The van der Waals surface area contributed by atoms with Crippen molar-refractivity contribution in [3.8, 4) is 11.5 Å². The molecular weight excluding hydrogens is 276 g/mol. The largest absolute Gasteiger partial charge is 0.454 e. The molecule has 4 rings (SSSR count). The lowest BCUT2D eigenvalue weighted by Gasteiger charge is -2.38. The van der Waals surface area contributed by atoms with Crippen molar-refractivity contribution in [1.82, 2.24) is 0 Å². The smallest absolute Gasteiger partial charge is 0.231 e. The molecular formula is C18H20N2O2. The molecule has 0 saturated heterocycles. The molecule has 114 valence electrons. The molecule has 0 spiro atoms. The second-order valence-corrected chi connectivity index (χ2v) is 6.07. The molecule has 0 amide bonds. The molecule has 0 bridgehead atoms. The Hall–Kier alpha value is -2.36. The number of nitrogens with zero attached hydrogens (tertiary/aromatic N) is 1. The van der Waals surface area contributed by atoms with Gasteiger partial charge in [0.15, 0.2) is 11.5 Å². The quantitative estimate of drug-likeness (QED) is 0.919. The average molecular weight is 296 g/mol. The monoisotopic (exact) mass is 296 g/mol. The zero-order chi connectivity index (χ0) is 15.1. The molecule has 0 aromatic heterocycles. The first kappa shape index (κ1) is 13.3. The fourth-order valence-electron chi connectivity index (χ4n) is 3.05. The van der Waals surface area contributed by atoms with Gasteiger partial charge in [0.05, 0.1) is 11.4 Å². The minimum absolute atomic E-state index is 0.311. The number of nitrogens with one attached hydrogen (secondary N) is 1. The lowest BCUT2D eigenvalue weighted by molar-refractivity contribution is 0.174. The third kappa shape index (κ3) is 2.25. The molecule has 4 nitrogen and oxygen atoms in total. The van der Waals surface area contributed by atoms with Gasteiger partial charge >= 0.3 is 0 Å². The molecule has 4 heteroatoms. The highest BCUT2D eigenvalue weighted by molar-refractivity contribution is 5.77. The van der Waals surface area contributed by atoms with E-state index in [4.69, 9.17) is 9.47 Å². The van der Waals surface area contributed by atoms with Crippen LogP contribution in [0.2, 0.25) is 0 Å². The van der Waals surface area contributed by atoms with Gasteiger partial charge in [0, 0.05) is 31.3 Å². The highest BCUT2D eigenvalue weighted by atomic mass is 16.7. The molecule has 2 heterocycles. The number of fused-ring (bicyclic) bond motifs is 2. The first-order valence-corrected chi connectivity index (χ1v) is 7.70. The van der Waals surface area contributed by atoms with Crippen LogP contribution in [0.3, 0.4) is 0 Å². The fraction of sp³-hybridized carbons (Fsp3) is 0.333. The van der Waals surface area contributed by atoms with Gasteiger partial charge < -0.3 is 19.7 Å². The van der Waals surface area contributed by atoms with Crippen LogP contribution < -0.4 is 19.7 Å². The van der Waals surface area contributed by atoms with Gasteiger partial charge in [-0.05, 0) is 19.4 Å². The SMILES string of the molecule is Cc1ccc(CN2c3cc4c(cc3NCC2C)OCO4)cc1. The second-order valence-electron chi connectivity index (χ2n) is 6.07. The first-order chi connectivity index (χ1) is 10.7. The van der Waals surface area contributed by atoms with E-state index in [0.717, 1.165) is 30.3 Å². The van der Waals surface area contributed by atoms with Crippen LogP contribution >= 0.6 is 0 Å². The van der Waals surface area contributed by atoms with Crippen molar-refractivity contribution in [2.45, 2.75) is 26.4 Å². The van der Waals surface area contributed by atoms with Crippen LogP contribution in [0.4, 0.5) is 11.4 Å². The molecule has 0 saturated carbocycles. The van der Waals surface area contributed by atoms with E-state index >= 15 is 0 Å². The van der Waals surface area contributed by atoms with Gasteiger partial charge in [0.2, 0.25) is 6.79 Å². The summed E-state index contributed by atoms with van der Waals surface area (Å²) in [5, 5.41) is 3.49. The summed E-state index contributed by atoms with van der Waals surface area (Å²) in [6, 6.07) is 13.3. The van der Waals surface area contributed by atoms with Crippen LogP contribution in [-0.2, 0) is 6.54 Å². The van der Waals surface area contributed by atoms with Gasteiger partial charge in [0.1, 0.15) is 0 Å². The van der Waals surface area contributed by atoms with Crippen LogP contribution in [-0.4, -0.2) is 19.4 Å². The molecule has 1 N–H and O–H groups in total. The van der Waals surface area contributed by atoms with Gasteiger partial charge in [-0.15, -0.1) is 0 Å². The summed E-state index contributed by atoms with van der Waals surface area (Å²) in [4.78, 5) is 2.43. The Kier molecular flexibility index (Phi) is 3.10. The van der Waals surface area contributed by atoms with Crippen molar-refractivity contribution < 1.29 is 9.47 Å². The van der Waals surface area contributed by atoms with Gasteiger partial charge in [-0.2, -0.15) is 0 Å². The third-order valence-corrected chi connectivity index (χ3v) is 4.39. The molecule has 2 aromatic rings. The summed E-state index contributed by atoms with van der Waals surface area (Å²) >= 11 is 0. The zero-order valence-electron chi connectivity index (χ0n) is 12.9. The van der Waals surface area contributed by atoms with Crippen molar-refractivity contribution in [2.75, 3.05) is 23.6 Å². The Morgan fingerprint density at radius 1 is 1.14 bits per heavy atom. The number of hydrogen-bond donors (Lipinski definition) is 1. The maximum atomic E-state index is 5.54. The van der Waals surface area contributed by atoms with E-state index in [0.29, 0.717) is 12.8 Å². The zero-order valence-corrected chi connectivity index (χ0v) is 12.9. The molecule has 0 radical (unpaired) electrons. The lowest BCUT2D eigenvalue weighted by Crippen LogP contribution is -2.41. The van der Waals surface area contributed by atoms with Crippen molar-refractivity contribution in [2.24, 2.45) is 0 Å². The summed E-state index contributed by atoms with van der Waals surface area (Å²) in [6.07, 6.45) is 0. The number of aryl methyl sites for hydroxylation is 1. The van der Waals surface area contributed by atoms with Crippen LogP contribution in [0.5, 0.6) is 11.5 Å². The van der Waals surface area contributed by atoms with Crippen LogP contribution in [0.15, 0.2) is 36.4 Å². The highest BCUT2D eigenvalue weighted by Crippen LogP contribution is 2.43. The Bertz CT molecular complexity index is 697. The molecule has 1 atom stereocenters. The van der Waals surface area contributed by atoms with Crippen LogP contribution in [0.25, 0.3) is 0 Å². The van der Waals surface area contributed by atoms with E-state index in [1.54, 1.807) is 0 Å². The minimum Gasteiger partial charge on any atom is -0.454 e. The topological polar surface area (TPSA) is 33.7 Å². The van der Waals surface area contributed by atoms with E-state index in [-0.39, 0.29) is 0 Å². The predicted octanol–water partition coefficient (Wildman–Crippen LogP) is 3.54. The molecule has 2 aliphatic heterocycles. The second kappa shape index (κ2) is 5.13. The van der Waals surface area contributed by atoms with Gasteiger partial charge in [-0.1, -0.05) is 29.8 Å². The maximum Gasteiger partial charge on any atom is 0.231 e. The maximum absolute atomic E-state index is 5.54. The van der Waals surface area contributed by atoms with E-state index in [1.165, 1.54) is 16.8 Å². The minimum atomic E-state index is 0.311. The standard InChI is InChI=1S/C18H20N2O2/c1-12-3-5-14(6-4-12)10-20-13(2)9-19-15-7-17-18(8-16(15)20)22-11-21-17/h3-8,13,19H,9-11H2,1-2H3. The molecule has 1 unspecified atom stereocenters. The Labute approximate surface area is 130 Å². The number of hydrogen-bond acceptors (Lipinski definition) is 4. The highest BCUT2D eigenvalue weighted by Gasteiger charge is 2.26. The molecule has 0 fully saturated rings. The van der Waals surface area contributed by atoms with Gasteiger partial charge in [0.25, 0.3) is 0 Å². The lowest BCUT2D eigenvalue weighted by atomic mass is 10.1. The molecule has 2 aromatic carbocycles. The summed E-state index contributed by atoms with van der Waals surface area (Å²) in [7, 11) is 0. The average Bonchev–Trinajstić information content (AvgIpc) is 2.97. The van der Waals surface area contributed by atoms with Crippen molar-refractivity contribution in [3.63, 3.8) is 0 Å². The summed E-state index contributed by atoms with van der Waals surface area (Å²) in [5.74, 6) is 1.67. The van der Waals surface area contributed by atoms with Gasteiger partial charge in [-0.25, -0.2) is 0 Å². The number of anilines is 2. The Morgan fingerprint density at radius 2 is 1.86 bits per heavy atom. The fourth-order valence-corrected chi connectivity index (χ4v) is 3.05. The molecule has 2 aliphatic rings. The third-order valence-electron chi connectivity index (χ3n) is 4.39. The van der Waals surface area contributed by atoms with Crippen LogP contribution in [0.1, 0.15) is 18.1 Å². The molecule has 22 heavy (non-hydrogen) atoms. The first-order valence-electron chi connectivity index (χ1n) is 7.70. The van der Waals surface area contributed by atoms with Crippen molar-refractivity contribution in [3.05, 3.63) is 47.5 Å². The Balaban J connectivity index is 1.69. The molecule has 0 aliphatic carbocycles. The predicted molar refractivity (Wildman–Crippen MR) is 87.9 cm³/mol. The van der Waals surface area contributed by atoms with E-state index in [9.17, 15) is 0 Å². The normalized spacial score (nSPS) is 18.8.